The van der Waals surface area contributed by atoms with Gasteiger partial charge < -0.3 is 21.4 Å². The molecule has 0 heterocycles. The maximum atomic E-state index is 8.76. The van der Waals surface area contributed by atoms with E-state index in [2.05, 4.69) is 17.4 Å². The van der Waals surface area contributed by atoms with Crippen molar-refractivity contribution < 1.29 is 10.3 Å². The molecule has 0 radical (unpaired) electrons. The zero-order chi connectivity index (χ0) is 13.4. The maximum Gasteiger partial charge on any atom is 0.170 e. The molecule has 1 aromatic rings. The van der Waals surface area contributed by atoms with Crippen LogP contribution < -0.4 is 11.1 Å². The minimum absolute atomic E-state index is 0.121. The molecule has 100 valence electrons. The van der Waals surface area contributed by atoms with Crippen molar-refractivity contribution in [3.05, 3.63) is 35.4 Å². The van der Waals surface area contributed by atoms with Gasteiger partial charge in [-0.3, -0.25) is 0 Å². The predicted octanol–water partition coefficient (Wildman–Crippen LogP) is 1.03. The first kappa shape index (κ1) is 14.5. The first-order chi connectivity index (χ1) is 8.69. The van der Waals surface area contributed by atoms with Crippen molar-refractivity contribution in [1.29, 1.82) is 0 Å². The molecule has 0 saturated heterocycles. The second kappa shape index (κ2) is 7.68. The number of nitrogens with zero attached hydrogens (tertiary/aromatic N) is 1. The van der Waals surface area contributed by atoms with Gasteiger partial charge in [-0.15, -0.1) is 0 Å². The van der Waals surface area contributed by atoms with E-state index < -0.39 is 0 Å². The van der Waals surface area contributed by atoms with Crippen LogP contribution in [0.25, 0.3) is 0 Å². The molecule has 1 unspecified atom stereocenters. The molecule has 1 rings (SSSR count). The summed E-state index contributed by atoms with van der Waals surface area (Å²) in [5.74, 6) is 0.121. The second-order valence-corrected chi connectivity index (χ2v) is 4.29. The van der Waals surface area contributed by atoms with Gasteiger partial charge in [-0.2, -0.15) is 0 Å². The van der Waals surface area contributed by atoms with E-state index in [1.807, 2.05) is 24.3 Å². The van der Waals surface area contributed by atoms with E-state index in [-0.39, 0.29) is 12.4 Å². The van der Waals surface area contributed by atoms with Crippen LogP contribution in [0.3, 0.4) is 0 Å². The normalized spacial score (nSPS) is 13.6. The highest BCUT2D eigenvalue weighted by molar-refractivity contribution is 5.98. The summed E-state index contributed by atoms with van der Waals surface area (Å²) < 4.78 is 0. The smallest absolute Gasteiger partial charge is 0.170 e. The van der Waals surface area contributed by atoms with Crippen LogP contribution in [0.2, 0.25) is 0 Å². The van der Waals surface area contributed by atoms with Crippen LogP contribution in [-0.4, -0.2) is 28.8 Å². The quantitative estimate of drug-likeness (QED) is 0.252. The average molecular weight is 251 g/mol. The van der Waals surface area contributed by atoms with Crippen LogP contribution in [0.5, 0.6) is 0 Å². The molecule has 1 aromatic carbocycles. The molecule has 0 aliphatic heterocycles. The lowest BCUT2D eigenvalue weighted by Crippen LogP contribution is -2.27. The molecule has 0 spiro atoms. The van der Waals surface area contributed by atoms with Gasteiger partial charge in [-0.25, -0.2) is 0 Å². The molecule has 5 nitrogen and oxygen atoms in total. The summed E-state index contributed by atoms with van der Waals surface area (Å²) in [6, 6.07) is 7.86. The number of hydrogen-bond donors (Lipinski definition) is 4. The summed E-state index contributed by atoms with van der Waals surface area (Å²) in [6.45, 7) is 2.94. The minimum Gasteiger partial charge on any atom is -0.409 e. The summed E-state index contributed by atoms with van der Waals surface area (Å²) in [4.78, 5) is 0. The molecule has 5 N–H and O–H groups in total. The topological polar surface area (TPSA) is 90.9 Å². The average Bonchev–Trinajstić information content (AvgIpc) is 2.42. The lowest BCUT2D eigenvalue weighted by atomic mass is 10.1. The van der Waals surface area contributed by atoms with E-state index in [9.17, 15) is 0 Å². The van der Waals surface area contributed by atoms with Crippen LogP contribution in [0.1, 0.15) is 30.9 Å². The highest BCUT2D eigenvalue weighted by Crippen LogP contribution is 2.09. The SMILES string of the molecule is CC(CCCO)NCc1ccccc1C(N)=NO. The zero-order valence-corrected chi connectivity index (χ0v) is 10.6. The van der Waals surface area contributed by atoms with Crippen molar-refractivity contribution in [3.63, 3.8) is 0 Å². The molecule has 0 amide bonds. The van der Waals surface area contributed by atoms with Crippen molar-refractivity contribution in [2.75, 3.05) is 6.61 Å². The number of nitrogens with one attached hydrogen (secondary N) is 1. The zero-order valence-electron chi connectivity index (χ0n) is 10.6. The predicted molar refractivity (Wildman–Crippen MR) is 71.6 cm³/mol. The molecular formula is C13H21N3O2. The molecule has 18 heavy (non-hydrogen) atoms. The van der Waals surface area contributed by atoms with Gasteiger partial charge in [-0.1, -0.05) is 29.4 Å². The lowest BCUT2D eigenvalue weighted by Gasteiger charge is -2.15. The molecule has 5 heteroatoms. The Kier molecular flexibility index (Phi) is 6.18. The standard InChI is InChI=1S/C13H21N3O2/c1-10(5-4-8-17)15-9-11-6-2-3-7-12(11)13(14)16-18/h2-3,6-7,10,15,17-18H,4-5,8-9H2,1H3,(H2,14,16). The van der Waals surface area contributed by atoms with Gasteiger partial charge >= 0.3 is 0 Å². The third kappa shape index (κ3) is 4.35. The number of benzene rings is 1. The first-order valence-electron chi connectivity index (χ1n) is 6.09. The number of hydrogen-bond acceptors (Lipinski definition) is 4. The highest BCUT2D eigenvalue weighted by atomic mass is 16.4. The van der Waals surface area contributed by atoms with E-state index in [1.165, 1.54) is 0 Å². The summed E-state index contributed by atoms with van der Waals surface area (Å²) in [5, 5.41) is 23.9. The fourth-order valence-corrected chi connectivity index (χ4v) is 1.76. The fourth-order valence-electron chi connectivity index (χ4n) is 1.76. The summed E-state index contributed by atoms with van der Waals surface area (Å²) in [6.07, 6.45) is 1.71. The molecule has 0 aliphatic rings. The van der Waals surface area contributed by atoms with Crippen molar-refractivity contribution >= 4 is 5.84 Å². The number of nitrogens with two attached hydrogens (primary N) is 1. The van der Waals surface area contributed by atoms with Crippen molar-refractivity contribution in [2.24, 2.45) is 10.9 Å². The Morgan fingerprint density at radius 1 is 1.44 bits per heavy atom. The van der Waals surface area contributed by atoms with Crippen molar-refractivity contribution in [2.45, 2.75) is 32.4 Å². The largest absolute Gasteiger partial charge is 0.409 e. The Hall–Kier alpha value is -1.59. The number of amidine groups is 1. The molecule has 0 aromatic heterocycles. The summed E-state index contributed by atoms with van der Waals surface area (Å²) >= 11 is 0. The molecule has 0 saturated carbocycles. The molecule has 0 aliphatic carbocycles. The molecular weight excluding hydrogens is 230 g/mol. The van der Waals surface area contributed by atoms with E-state index in [0.717, 1.165) is 24.0 Å². The van der Waals surface area contributed by atoms with Crippen molar-refractivity contribution in [1.82, 2.24) is 5.32 Å². The third-order valence-electron chi connectivity index (χ3n) is 2.84. The maximum absolute atomic E-state index is 8.76. The van der Waals surface area contributed by atoms with Gasteiger partial charge in [0.2, 0.25) is 0 Å². The molecule has 0 bridgehead atoms. The molecule has 1 atom stereocenters. The van der Waals surface area contributed by atoms with Crippen LogP contribution in [0, 0.1) is 0 Å². The Morgan fingerprint density at radius 3 is 2.83 bits per heavy atom. The molecule has 0 fully saturated rings. The second-order valence-electron chi connectivity index (χ2n) is 4.29. The van der Waals surface area contributed by atoms with Gasteiger partial charge in [0, 0.05) is 24.8 Å². The van der Waals surface area contributed by atoms with E-state index in [1.54, 1.807) is 0 Å². The number of aliphatic hydroxyl groups is 1. The number of rotatable bonds is 7. The van der Waals surface area contributed by atoms with Gasteiger partial charge in [-0.05, 0) is 25.3 Å². The Balaban J connectivity index is 2.62. The fraction of sp³-hybridized carbons (Fsp3) is 0.462. The number of aliphatic hydroxyl groups excluding tert-OH is 1. The monoisotopic (exact) mass is 251 g/mol. The number of oxime groups is 1. The van der Waals surface area contributed by atoms with E-state index in [0.29, 0.717) is 12.6 Å². The van der Waals surface area contributed by atoms with Crippen molar-refractivity contribution in [3.8, 4) is 0 Å². The van der Waals surface area contributed by atoms with Gasteiger partial charge in [0.1, 0.15) is 0 Å². The third-order valence-corrected chi connectivity index (χ3v) is 2.84. The Labute approximate surface area is 107 Å². The van der Waals surface area contributed by atoms with Gasteiger partial charge in [0.05, 0.1) is 0 Å². The minimum atomic E-state index is 0.121. The van der Waals surface area contributed by atoms with Gasteiger partial charge in [0.15, 0.2) is 5.84 Å². The Morgan fingerprint density at radius 2 is 2.17 bits per heavy atom. The van der Waals surface area contributed by atoms with Crippen LogP contribution in [0.4, 0.5) is 0 Å². The summed E-state index contributed by atoms with van der Waals surface area (Å²) in [7, 11) is 0. The van der Waals surface area contributed by atoms with E-state index in [4.69, 9.17) is 16.0 Å². The van der Waals surface area contributed by atoms with Crippen LogP contribution >= 0.6 is 0 Å². The van der Waals surface area contributed by atoms with Gasteiger partial charge in [0.25, 0.3) is 0 Å². The van der Waals surface area contributed by atoms with Crippen LogP contribution in [-0.2, 0) is 6.54 Å². The lowest BCUT2D eigenvalue weighted by molar-refractivity contribution is 0.276. The van der Waals surface area contributed by atoms with Crippen LogP contribution in [0.15, 0.2) is 29.4 Å². The van der Waals surface area contributed by atoms with E-state index >= 15 is 0 Å². The summed E-state index contributed by atoms with van der Waals surface area (Å²) in [5.41, 5.74) is 7.35. The first-order valence-corrected chi connectivity index (χ1v) is 6.09. The highest BCUT2D eigenvalue weighted by Gasteiger charge is 2.07. The Bertz CT molecular complexity index is 394.